The first-order valence-electron chi connectivity index (χ1n) is 16.9. The van der Waals surface area contributed by atoms with E-state index in [-0.39, 0.29) is 5.41 Å². The smallest absolute Gasteiger partial charge is 0.00261 e. The average molecular weight is 613 g/mol. The average Bonchev–Trinajstić information content (AvgIpc) is 3.12. The quantitative estimate of drug-likeness (QED) is 0.138. The lowest BCUT2D eigenvalue weighted by atomic mass is 9.81. The van der Waals surface area contributed by atoms with Crippen molar-refractivity contribution in [3.05, 3.63) is 169 Å². The van der Waals surface area contributed by atoms with Crippen molar-refractivity contribution in [2.24, 2.45) is 0 Å². The van der Waals surface area contributed by atoms with E-state index in [1.165, 1.54) is 92.8 Å². The molecule has 0 heterocycles. The van der Waals surface area contributed by atoms with Gasteiger partial charge >= 0.3 is 0 Å². The van der Waals surface area contributed by atoms with Crippen LogP contribution in [0.2, 0.25) is 0 Å². The van der Waals surface area contributed by atoms with Gasteiger partial charge in [0.2, 0.25) is 0 Å². The van der Waals surface area contributed by atoms with Crippen LogP contribution >= 0.6 is 0 Å². The number of fused-ring (bicyclic) bond motifs is 6. The summed E-state index contributed by atoms with van der Waals surface area (Å²) in [4.78, 5) is 0. The van der Waals surface area contributed by atoms with E-state index in [9.17, 15) is 0 Å². The molecule has 0 bridgehead atoms. The van der Waals surface area contributed by atoms with Crippen molar-refractivity contribution < 1.29 is 0 Å². The van der Waals surface area contributed by atoms with E-state index < -0.39 is 0 Å². The van der Waals surface area contributed by atoms with E-state index in [0.29, 0.717) is 0 Å². The topological polar surface area (TPSA) is 0 Å². The molecule has 0 fully saturated rings. The number of benzene rings is 9. The van der Waals surface area contributed by atoms with Gasteiger partial charge in [-0.05, 0) is 122 Å². The maximum Gasteiger partial charge on any atom is -0.00261 e. The maximum absolute atomic E-state index is 2.45. The van der Waals surface area contributed by atoms with Crippen LogP contribution in [-0.4, -0.2) is 0 Å². The molecule has 0 nitrogen and oxygen atoms in total. The van der Waals surface area contributed by atoms with E-state index in [4.69, 9.17) is 0 Å². The predicted octanol–water partition coefficient (Wildman–Crippen LogP) is 13.8. The lowest BCUT2D eigenvalue weighted by Gasteiger charge is -2.23. The van der Waals surface area contributed by atoms with Gasteiger partial charge in [0.25, 0.3) is 0 Å². The van der Waals surface area contributed by atoms with E-state index >= 15 is 0 Å². The van der Waals surface area contributed by atoms with Gasteiger partial charge in [-0.25, -0.2) is 0 Å². The molecule has 0 aromatic heterocycles. The van der Waals surface area contributed by atoms with Crippen molar-refractivity contribution in [1.82, 2.24) is 0 Å². The fraction of sp³-hybridized carbons (Fsp3) is 0.0833. The molecule has 0 N–H and O–H groups in total. The summed E-state index contributed by atoms with van der Waals surface area (Å²) in [6.07, 6.45) is 0. The van der Waals surface area contributed by atoms with Crippen molar-refractivity contribution in [1.29, 1.82) is 0 Å². The molecule has 0 heteroatoms. The molecule has 0 aliphatic rings. The minimum absolute atomic E-state index is 0.0307. The Bertz CT molecular complexity index is 2670. The van der Waals surface area contributed by atoms with Crippen molar-refractivity contribution in [2.75, 3.05) is 0 Å². The molecule has 0 radical (unpaired) electrons. The minimum Gasteiger partial charge on any atom is -0.0622 e. The van der Waals surface area contributed by atoms with Gasteiger partial charge < -0.3 is 0 Å². The normalized spacial score (nSPS) is 12.1. The molecule has 48 heavy (non-hydrogen) atoms. The molecular weight excluding hydrogens is 577 g/mol. The second-order valence-electron chi connectivity index (χ2n) is 14.1. The van der Waals surface area contributed by atoms with Gasteiger partial charge in [0.05, 0.1) is 0 Å². The van der Waals surface area contributed by atoms with Gasteiger partial charge in [-0.2, -0.15) is 0 Å². The molecule has 0 spiro atoms. The highest BCUT2D eigenvalue weighted by molar-refractivity contribution is 6.23. The molecule has 0 aliphatic carbocycles. The molecular formula is C48H36. The van der Waals surface area contributed by atoms with Crippen LogP contribution in [0.1, 0.15) is 26.3 Å². The zero-order valence-electron chi connectivity index (χ0n) is 27.6. The second-order valence-corrected chi connectivity index (χ2v) is 14.1. The fourth-order valence-electron chi connectivity index (χ4n) is 7.73. The maximum atomic E-state index is 2.45. The monoisotopic (exact) mass is 612 g/mol. The second kappa shape index (κ2) is 10.9. The largest absolute Gasteiger partial charge is 0.0622 e. The summed E-state index contributed by atoms with van der Waals surface area (Å²) in [6, 6.07) is 60.9. The van der Waals surface area contributed by atoms with E-state index in [2.05, 4.69) is 185 Å². The SMILES string of the molecule is CC(C)(C)c1ccc2c(-c3ccccc3)c3ccc(-c4cccc5c4ccc4cc6ccccc6cc45)cc3c(-c3ccccc3)c2c1. The summed E-state index contributed by atoms with van der Waals surface area (Å²) < 4.78 is 0. The van der Waals surface area contributed by atoms with Crippen molar-refractivity contribution in [3.8, 4) is 33.4 Å². The predicted molar refractivity (Wildman–Crippen MR) is 209 cm³/mol. The highest BCUT2D eigenvalue weighted by atomic mass is 14.2. The molecule has 0 atom stereocenters. The Kier molecular flexibility index (Phi) is 6.49. The first-order chi connectivity index (χ1) is 23.4. The number of rotatable bonds is 3. The van der Waals surface area contributed by atoms with Crippen LogP contribution in [0.25, 0.3) is 87.2 Å². The van der Waals surface area contributed by atoms with Crippen LogP contribution in [0.15, 0.2) is 164 Å². The van der Waals surface area contributed by atoms with Crippen LogP contribution in [-0.2, 0) is 5.41 Å². The van der Waals surface area contributed by atoms with Crippen LogP contribution in [0.5, 0.6) is 0 Å². The number of hydrogen-bond acceptors (Lipinski definition) is 0. The Balaban J connectivity index is 1.39. The lowest BCUT2D eigenvalue weighted by Crippen LogP contribution is -2.10. The summed E-state index contributed by atoms with van der Waals surface area (Å²) in [5.41, 5.74) is 8.94. The van der Waals surface area contributed by atoms with Crippen molar-refractivity contribution in [3.63, 3.8) is 0 Å². The summed E-state index contributed by atoms with van der Waals surface area (Å²) in [7, 11) is 0. The number of hydrogen-bond donors (Lipinski definition) is 0. The van der Waals surface area contributed by atoms with Gasteiger partial charge in [-0.1, -0.05) is 160 Å². The highest BCUT2D eigenvalue weighted by Gasteiger charge is 2.21. The molecule has 0 aliphatic heterocycles. The molecule has 9 aromatic carbocycles. The minimum atomic E-state index is 0.0307. The standard InChI is InChI=1S/C48H36/c1-48(2,3)37-23-26-42-45(30-37)47(32-15-8-5-9-16-32)44-29-36(22-25-41(44)46(42)31-13-6-4-7-14-31)38-19-12-20-39-40(38)24-21-35-27-33-17-10-11-18-34(33)28-43(35)39/h4-30H,1-3H3. The third-order valence-electron chi connectivity index (χ3n) is 10.2. The summed E-state index contributed by atoms with van der Waals surface area (Å²) in [5, 5.41) is 12.8. The molecule has 0 amide bonds. The zero-order chi connectivity index (χ0) is 32.4. The molecule has 0 saturated carbocycles. The van der Waals surface area contributed by atoms with Gasteiger partial charge in [0, 0.05) is 0 Å². The summed E-state index contributed by atoms with van der Waals surface area (Å²) >= 11 is 0. The highest BCUT2D eigenvalue weighted by Crippen LogP contribution is 2.46. The van der Waals surface area contributed by atoms with Crippen LogP contribution in [0.4, 0.5) is 0 Å². The Morgan fingerprint density at radius 3 is 1.58 bits per heavy atom. The van der Waals surface area contributed by atoms with Crippen molar-refractivity contribution in [2.45, 2.75) is 26.2 Å². The molecule has 0 saturated heterocycles. The molecule has 9 rings (SSSR count). The fourth-order valence-corrected chi connectivity index (χ4v) is 7.73. The molecule has 0 unspecified atom stereocenters. The Labute approximate surface area is 281 Å². The Morgan fingerprint density at radius 1 is 0.312 bits per heavy atom. The Hall–Kier alpha value is -5.72. The third kappa shape index (κ3) is 4.60. The first-order valence-corrected chi connectivity index (χ1v) is 16.9. The summed E-state index contributed by atoms with van der Waals surface area (Å²) in [5.74, 6) is 0. The first kappa shape index (κ1) is 28.5. The zero-order valence-corrected chi connectivity index (χ0v) is 27.6. The van der Waals surface area contributed by atoms with E-state index in [0.717, 1.165) is 0 Å². The molecule has 228 valence electrons. The lowest BCUT2D eigenvalue weighted by molar-refractivity contribution is 0.591. The Morgan fingerprint density at radius 2 is 0.896 bits per heavy atom. The van der Waals surface area contributed by atoms with Crippen LogP contribution < -0.4 is 0 Å². The van der Waals surface area contributed by atoms with Gasteiger partial charge in [0.15, 0.2) is 0 Å². The van der Waals surface area contributed by atoms with Gasteiger partial charge in [0.1, 0.15) is 0 Å². The third-order valence-corrected chi connectivity index (χ3v) is 10.2. The molecule has 9 aromatic rings. The van der Waals surface area contributed by atoms with Gasteiger partial charge in [-0.15, -0.1) is 0 Å². The van der Waals surface area contributed by atoms with E-state index in [1.807, 2.05) is 0 Å². The van der Waals surface area contributed by atoms with Crippen molar-refractivity contribution >= 4 is 53.9 Å². The summed E-state index contributed by atoms with van der Waals surface area (Å²) in [6.45, 7) is 6.92. The van der Waals surface area contributed by atoms with Crippen LogP contribution in [0, 0.1) is 0 Å². The van der Waals surface area contributed by atoms with Gasteiger partial charge in [-0.3, -0.25) is 0 Å². The van der Waals surface area contributed by atoms with E-state index in [1.54, 1.807) is 0 Å². The van der Waals surface area contributed by atoms with Crippen LogP contribution in [0.3, 0.4) is 0 Å².